The van der Waals surface area contributed by atoms with E-state index in [2.05, 4.69) is 29.8 Å². The zero-order chi connectivity index (χ0) is 15.6. The quantitative estimate of drug-likeness (QED) is 0.860. The molecule has 2 atom stereocenters. The molecule has 4 nitrogen and oxygen atoms in total. The van der Waals surface area contributed by atoms with Crippen LogP contribution >= 0.6 is 28.3 Å². The maximum absolute atomic E-state index is 12.5. The molecule has 1 heterocycles. The van der Waals surface area contributed by atoms with Crippen LogP contribution in [0.15, 0.2) is 28.7 Å². The molecule has 1 fully saturated rings. The molecule has 0 aromatic heterocycles. The van der Waals surface area contributed by atoms with E-state index < -0.39 is 6.10 Å². The number of amides is 1. The summed E-state index contributed by atoms with van der Waals surface area (Å²) in [7, 11) is 0. The number of halogens is 2. The van der Waals surface area contributed by atoms with Gasteiger partial charge in [0.05, 0.1) is 0 Å². The second kappa shape index (κ2) is 7.66. The van der Waals surface area contributed by atoms with E-state index in [1.807, 2.05) is 29.2 Å². The summed E-state index contributed by atoms with van der Waals surface area (Å²) in [6.07, 6.45) is 0.348. The minimum Gasteiger partial charge on any atom is -0.481 e. The van der Waals surface area contributed by atoms with Crippen LogP contribution in [0.5, 0.6) is 5.75 Å². The first-order valence-corrected chi connectivity index (χ1v) is 8.05. The third-order valence-corrected chi connectivity index (χ3v) is 4.63. The largest absolute Gasteiger partial charge is 0.481 e. The Hall–Kier alpha value is -0.780. The lowest BCUT2D eigenvalue weighted by Gasteiger charge is -2.43. The summed E-state index contributed by atoms with van der Waals surface area (Å²) in [5, 5.41) is 0. The Labute approximate surface area is 146 Å². The molecule has 1 aromatic carbocycles. The van der Waals surface area contributed by atoms with Gasteiger partial charge in [-0.25, -0.2) is 0 Å². The number of rotatable bonds is 3. The van der Waals surface area contributed by atoms with E-state index in [9.17, 15) is 4.79 Å². The first-order chi connectivity index (χ1) is 9.79. The summed E-state index contributed by atoms with van der Waals surface area (Å²) in [4.78, 5) is 14.4. The number of likely N-dealkylation sites (tertiary alicyclic amines) is 1. The van der Waals surface area contributed by atoms with Gasteiger partial charge in [0.1, 0.15) is 5.75 Å². The van der Waals surface area contributed by atoms with Crippen LogP contribution in [0.25, 0.3) is 0 Å². The predicted molar refractivity (Wildman–Crippen MR) is 94.4 cm³/mol. The lowest BCUT2D eigenvalue weighted by Crippen LogP contribution is -2.56. The average Bonchev–Trinajstić information content (AvgIpc) is 2.43. The van der Waals surface area contributed by atoms with Gasteiger partial charge in [0.25, 0.3) is 5.91 Å². The highest BCUT2D eigenvalue weighted by atomic mass is 79.9. The van der Waals surface area contributed by atoms with Gasteiger partial charge in [-0.15, -0.1) is 12.4 Å². The van der Waals surface area contributed by atoms with Crippen molar-refractivity contribution in [3.63, 3.8) is 0 Å². The van der Waals surface area contributed by atoms with Crippen LogP contribution in [0.4, 0.5) is 0 Å². The molecular weight excluding hydrogens is 368 g/mol. The van der Waals surface area contributed by atoms with Crippen LogP contribution in [-0.4, -0.2) is 36.0 Å². The third-order valence-electron chi connectivity index (χ3n) is 4.10. The Kier molecular flexibility index (Phi) is 6.71. The Bertz CT molecular complexity index is 507. The van der Waals surface area contributed by atoms with Crippen molar-refractivity contribution in [2.45, 2.75) is 39.3 Å². The molecule has 1 aliphatic heterocycles. The molecule has 0 spiro atoms. The number of benzene rings is 1. The van der Waals surface area contributed by atoms with Gasteiger partial charge in [0, 0.05) is 23.6 Å². The number of ether oxygens (including phenoxy) is 1. The smallest absolute Gasteiger partial charge is 0.263 e. The molecule has 0 aliphatic carbocycles. The van der Waals surface area contributed by atoms with Crippen molar-refractivity contribution in [1.29, 1.82) is 0 Å². The minimum atomic E-state index is -0.490. The number of piperidine rings is 1. The zero-order valence-electron chi connectivity index (χ0n) is 13.2. The van der Waals surface area contributed by atoms with Gasteiger partial charge in [-0.1, -0.05) is 29.8 Å². The topological polar surface area (TPSA) is 55.6 Å². The van der Waals surface area contributed by atoms with Crippen LogP contribution in [0.2, 0.25) is 0 Å². The normalized spacial score (nSPS) is 21.7. The monoisotopic (exact) mass is 390 g/mol. The van der Waals surface area contributed by atoms with E-state index >= 15 is 0 Å². The van der Waals surface area contributed by atoms with Crippen molar-refractivity contribution in [3.8, 4) is 5.75 Å². The van der Waals surface area contributed by atoms with Gasteiger partial charge in [0.2, 0.25) is 0 Å². The molecule has 1 saturated heterocycles. The van der Waals surface area contributed by atoms with Gasteiger partial charge >= 0.3 is 0 Å². The number of nitrogens with two attached hydrogens (primary N) is 1. The van der Waals surface area contributed by atoms with Crippen molar-refractivity contribution >= 4 is 34.2 Å². The van der Waals surface area contributed by atoms with E-state index in [1.165, 1.54) is 0 Å². The van der Waals surface area contributed by atoms with Gasteiger partial charge in [-0.05, 0) is 43.0 Å². The molecule has 22 heavy (non-hydrogen) atoms. The van der Waals surface area contributed by atoms with Crippen LogP contribution < -0.4 is 10.5 Å². The molecule has 2 rings (SSSR count). The molecule has 0 saturated carbocycles. The molecule has 2 unspecified atom stereocenters. The van der Waals surface area contributed by atoms with Gasteiger partial charge < -0.3 is 15.4 Å². The van der Waals surface area contributed by atoms with Gasteiger partial charge in [-0.2, -0.15) is 0 Å². The molecule has 1 aromatic rings. The summed E-state index contributed by atoms with van der Waals surface area (Å²) in [5.74, 6) is 0.727. The summed E-state index contributed by atoms with van der Waals surface area (Å²) in [6, 6.07) is 7.64. The Morgan fingerprint density at radius 1 is 1.41 bits per heavy atom. The fourth-order valence-electron chi connectivity index (χ4n) is 2.59. The lowest BCUT2D eigenvalue weighted by molar-refractivity contribution is -0.141. The highest BCUT2D eigenvalue weighted by Crippen LogP contribution is 2.28. The molecule has 1 aliphatic rings. The summed E-state index contributed by atoms with van der Waals surface area (Å²) in [6.45, 7) is 7.40. The SMILES string of the molecule is CC(Oc1ccc(Br)cc1)C(=O)N1CCC(N)C(C)(C)C1.Cl. The number of carbonyl (C=O) groups excluding carboxylic acids is 1. The number of hydrogen-bond donors (Lipinski definition) is 1. The highest BCUT2D eigenvalue weighted by Gasteiger charge is 2.36. The second-order valence-corrected chi connectivity index (χ2v) is 7.27. The summed E-state index contributed by atoms with van der Waals surface area (Å²) in [5.41, 5.74) is 6.06. The lowest BCUT2D eigenvalue weighted by atomic mass is 9.79. The van der Waals surface area contributed by atoms with Crippen LogP contribution in [0.3, 0.4) is 0 Å². The van der Waals surface area contributed by atoms with E-state index in [-0.39, 0.29) is 29.8 Å². The molecule has 124 valence electrons. The van der Waals surface area contributed by atoms with Crippen molar-refractivity contribution in [3.05, 3.63) is 28.7 Å². The fourth-order valence-corrected chi connectivity index (χ4v) is 2.85. The first kappa shape index (κ1) is 19.3. The highest BCUT2D eigenvalue weighted by molar-refractivity contribution is 9.10. The van der Waals surface area contributed by atoms with Crippen molar-refractivity contribution < 1.29 is 9.53 Å². The number of hydrogen-bond acceptors (Lipinski definition) is 3. The summed E-state index contributed by atoms with van der Waals surface area (Å²) >= 11 is 3.38. The molecule has 2 N–H and O–H groups in total. The Morgan fingerprint density at radius 3 is 2.55 bits per heavy atom. The Morgan fingerprint density at radius 2 is 2.00 bits per heavy atom. The van der Waals surface area contributed by atoms with E-state index in [0.29, 0.717) is 18.8 Å². The third kappa shape index (κ3) is 4.61. The van der Waals surface area contributed by atoms with Crippen LogP contribution in [-0.2, 0) is 4.79 Å². The summed E-state index contributed by atoms with van der Waals surface area (Å²) < 4.78 is 6.72. The van der Waals surface area contributed by atoms with Crippen molar-refractivity contribution in [2.24, 2.45) is 11.1 Å². The van der Waals surface area contributed by atoms with Crippen molar-refractivity contribution in [1.82, 2.24) is 4.90 Å². The van der Waals surface area contributed by atoms with E-state index in [1.54, 1.807) is 6.92 Å². The average molecular weight is 392 g/mol. The van der Waals surface area contributed by atoms with Gasteiger partial charge in [0.15, 0.2) is 6.10 Å². The predicted octanol–water partition coefficient (Wildman–Crippen LogP) is 3.22. The fraction of sp³-hybridized carbons (Fsp3) is 0.562. The minimum absolute atomic E-state index is 0. The molecule has 0 bridgehead atoms. The number of nitrogens with zero attached hydrogens (tertiary/aromatic N) is 1. The van der Waals surface area contributed by atoms with Gasteiger partial charge in [-0.3, -0.25) is 4.79 Å². The maximum atomic E-state index is 12.5. The van der Waals surface area contributed by atoms with E-state index in [0.717, 1.165) is 10.9 Å². The van der Waals surface area contributed by atoms with Crippen LogP contribution in [0.1, 0.15) is 27.2 Å². The zero-order valence-corrected chi connectivity index (χ0v) is 15.6. The molecule has 1 amide bonds. The molecular formula is C16H24BrClN2O2. The maximum Gasteiger partial charge on any atom is 0.263 e. The first-order valence-electron chi connectivity index (χ1n) is 7.26. The molecule has 6 heteroatoms. The standard InChI is InChI=1S/C16H23BrN2O2.ClH/c1-11(21-13-6-4-12(17)5-7-13)15(20)19-9-8-14(18)16(2,3)10-19;/h4-7,11,14H,8-10,18H2,1-3H3;1H. The van der Waals surface area contributed by atoms with E-state index in [4.69, 9.17) is 10.5 Å². The van der Waals surface area contributed by atoms with Crippen LogP contribution in [0, 0.1) is 5.41 Å². The number of carbonyl (C=O) groups is 1. The Balaban J connectivity index is 0.00000242. The molecule has 0 radical (unpaired) electrons. The second-order valence-electron chi connectivity index (χ2n) is 6.36. The van der Waals surface area contributed by atoms with Crippen molar-refractivity contribution in [2.75, 3.05) is 13.1 Å².